The first-order chi connectivity index (χ1) is 22.2. The molecule has 3 N–H and O–H groups in total. The van der Waals surface area contributed by atoms with Crippen molar-refractivity contribution in [2.45, 2.75) is 245 Å². The second-order valence-electron chi connectivity index (χ2n) is 14.6. The van der Waals surface area contributed by atoms with Crippen LogP contribution in [0.25, 0.3) is 0 Å². The predicted molar refractivity (Wildman–Crippen MR) is 195 cm³/mol. The fourth-order valence-electron chi connectivity index (χ4n) is 6.07. The molecular weight excluding hydrogens is 574 g/mol. The van der Waals surface area contributed by atoms with Crippen LogP contribution in [0.2, 0.25) is 0 Å². The van der Waals surface area contributed by atoms with E-state index in [9.17, 15) is 19.8 Å². The highest BCUT2D eigenvalue weighted by atomic mass is 16.7. The summed E-state index contributed by atoms with van der Waals surface area (Å²) in [5.74, 6) is -3.46. The standard InChI is InChI=1S/C40H79NO5/c1-5-7-9-11-13-15-17-19-21-23-25-27-29-31-33-35-37(42)41-40(45,39(3,4)44)46-38(43)36-34-32-30-28-26-24-22-20-18-16-14-12-10-8-6-2/h44-45H,5-36H2,1-4H3,(H,41,42). The van der Waals surface area contributed by atoms with Crippen LogP contribution in [0.15, 0.2) is 0 Å². The zero-order valence-electron chi connectivity index (χ0n) is 31.2. The summed E-state index contributed by atoms with van der Waals surface area (Å²) in [6.45, 7) is 7.20. The van der Waals surface area contributed by atoms with E-state index < -0.39 is 23.4 Å². The minimum Gasteiger partial charge on any atom is -0.411 e. The van der Waals surface area contributed by atoms with Gasteiger partial charge in [0.15, 0.2) is 0 Å². The number of aliphatic hydroxyl groups is 2. The Kier molecular flexibility index (Phi) is 30.4. The Balaban J connectivity index is 3.88. The van der Waals surface area contributed by atoms with Crippen molar-refractivity contribution in [3.05, 3.63) is 0 Å². The first-order valence-electron chi connectivity index (χ1n) is 20.1. The molecule has 0 aromatic heterocycles. The molecule has 0 aromatic rings. The van der Waals surface area contributed by atoms with Crippen molar-refractivity contribution < 1.29 is 24.5 Å². The van der Waals surface area contributed by atoms with E-state index in [1.807, 2.05) is 0 Å². The predicted octanol–water partition coefficient (Wildman–Crippen LogP) is 11.6. The summed E-state index contributed by atoms with van der Waals surface area (Å²) < 4.78 is 5.26. The maximum Gasteiger partial charge on any atom is 0.324 e. The summed E-state index contributed by atoms with van der Waals surface area (Å²) >= 11 is 0. The number of carbonyl (C=O) groups is 2. The maximum atomic E-state index is 12.6. The lowest BCUT2D eigenvalue weighted by atomic mass is 10.0. The number of ether oxygens (including phenoxy) is 1. The van der Waals surface area contributed by atoms with Crippen LogP contribution >= 0.6 is 0 Å². The molecular formula is C40H79NO5. The Hall–Kier alpha value is -1.14. The molecule has 0 fully saturated rings. The minimum atomic E-state index is -2.44. The molecule has 0 spiro atoms. The van der Waals surface area contributed by atoms with Crippen molar-refractivity contribution >= 4 is 11.9 Å². The van der Waals surface area contributed by atoms with Crippen molar-refractivity contribution in [1.29, 1.82) is 0 Å². The van der Waals surface area contributed by atoms with Gasteiger partial charge in [0.2, 0.25) is 5.91 Å². The van der Waals surface area contributed by atoms with Gasteiger partial charge in [0.05, 0.1) is 0 Å². The Labute approximate surface area is 286 Å². The number of rotatable bonds is 35. The van der Waals surface area contributed by atoms with Crippen LogP contribution in [-0.4, -0.2) is 33.6 Å². The number of hydrogen-bond acceptors (Lipinski definition) is 5. The maximum absolute atomic E-state index is 12.6. The molecule has 0 heterocycles. The van der Waals surface area contributed by atoms with Gasteiger partial charge < -0.3 is 14.9 Å². The quantitative estimate of drug-likeness (QED) is 0.0359. The van der Waals surface area contributed by atoms with Gasteiger partial charge in [0, 0.05) is 12.8 Å². The molecule has 0 saturated carbocycles. The Morgan fingerprint density at radius 2 is 0.717 bits per heavy atom. The fourth-order valence-corrected chi connectivity index (χ4v) is 6.07. The molecule has 46 heavy (non-hydrogen) atoms. The lowest BCUT2D eigenvalue weighted by Crippen LogP contribution is -2.64. The van der Waals surface area contributed by atoms with E-state index in [2.05, 4.69) is 19.2 Å². The van der Waals surface area contributed by atoms with Gasteiger partial charge in [-0.1, -0.05) is 194 Å². The topological polar surface area (TPSA) is 95.9 Å². The molecule has 0 rings (SSSR count). The lowest BCUT2D eigenvalue weighted by Gasteiger charge is -2.37. The van der Waals surface area contributed by atoms with Crippen molar-refractivity contribution in [3.8, 4) is 0 Å². The zero-order valence-corrected chi connectivity index (χ0v) is 31.2. The SMILES string of the molecule is CCCCCCCCCCCCCCCCCC(=O)NC(O)(OC(=O)CCCCCCCCCCCCCCCCC)C(C)(C)O. The third-order valence-electron chi connectivity index (χ3n) is 9.39. The number of esters is 1. The molecule has 1 amide bonds. The molecule has 0 aromatic carbocycles. The van der Waals surface area contributed by atoms with Crippen LogP contribution in [0, 0.1) is 0 Å². The summed E-state index contributed by atoms with van der Waals surface area (Å²) in [6, 6.07) is 0. The van der Waals surface area contributed by atoms with E-state index in [4.69, 9.17) is 4.74 Å². The second-order valence-corrected chi connectivity index (χ2v) is 14.6. The molecule has 6 nitrogen and oxygen atoms in total. The van der Waals surface area contributed by atoms with Crippen molar-refractivity contribution in [3.63, 3.8) is 0 Å². The molecule has 0 aliphatic heterocycles. The van der Waals surface area contributed by atoms with Crippen LogP contribution < -0.4 is 5.32 Å². The van der Waals surface area contributed by atoms with E-state index >= 15 is 0 Å². The molecule has 0 aliphatic carbocycles. The molecule has 6 heteroatoms. The fraction of sp³-hybridized carbons (Fsp3) is 0.950. The summed E-state index contributed by atoms with van der Waals surface area (Å²) in [5.41, 5.74) is -1.83. The van der Waals surface area contributed by atoms with Crippen molar-refractivity contribution in [2.24, 2.45) is 0 Å². The highest BCUT2D eigenvalue weighted by Crippen LogP contribution is 2.23. The molecule has 0 bridgehead atoms. The number of amides is 1. The van der Waals surface area contributed by atoms with Crippen molar-refractivity contribution in [2.75, 3.05) is 0 Å². The van der Waals surface area contributed by atoms with Crippen LogP contribution in [0.4, 0.5) is 0 Å². The first-order valence-corrected chi connectivity index (χ1v) is 20.1. The lowest BCUT2D eigenvalue weighted by molar-refractivity contribution is -0.288. The third-order valence-corrected chi connectivity index (χ3v) is 9.39. The molecule has 1 atom stereocenters. The van der Waals surface area contributed by atoms with Crippen LogP contribution in [0.3, 0.4) is 0 Å². The minimum absolute atomic E-state index is 0.158. The average Bonchev–Trinajstić information content (AvgIpc) is 3.00. The van der Waals surface area contributed by atoms with Gasteiger partial charge in [-0.15, -0.1) is 0 Å². The van der Waals surface area contributed by atoms with Gasteiger partial charge in [-0.3, -0.25) is 14.9 Å². The summed E-state index contributed by atoms with van der Waals surface area (Å²) in [7, 11) is 0. The van der Waals surface area contributed by atoms with E-state index in [0.29, 0.717) is 12.8 Å². The summed E-state index contributed by atoms with van der Waals surface area (Å²) in [6.07, 6.45) is 37.8. The molecule has 0 aliphatic rings. The third kappa shape index (κ3) is 27.9. The molecule has 1 unspecified atom stereocenters. The van der Waals surface area contributed by atoms with Gasteiger partial charge in [0.1, 0.15) is 5.60 Å². The van der Waals surface area contributed by atoms with Gasteiger partial charge in [-0.2, -0.15) is 0 Å². The normalized spacial score (nSPS) is 13.1. The summed E-state index contributed by atoms with van der Waals surface area (Å²) in [4.78, 5) is 25.0. The first kappa shape index (κ1) is 44.9. The monoisotopic (exact) mass is 654 g/mol. The van der Waals surface area contributed by atoms with Crippen LogP contribution in [-0.2, 0) is 14.3 Å². The highest BCUT2D eigenvalue weighted by Gasteiger charge is 2.47. The number of hydrogen-bond donors (Lipinski definition) is 3. The van der Waals surface area contributed by atoms with Gasteiger partial charge >= 0.3 is 11.9 Å². The van der Waals surface area contributed by atoms with Crippen LogP contribution in [0.1, 0.15) is 233 Å². The van der Waals surface area contributed by atoms with Crippen molar-refractivity contribution in [1.82, 2.24) is 5.32 Å². The summed E-state index contributed by atoms with van der Waals surface area (Å²) in [5, 5.41) is 23.8. The number of carbonyl (C=O) groups excluding carboxylic acids is 2. The molecule has 0 saturated heterocycles. The molecule has 0 radical (unpaired) electrons. The Morgan fingerprint density at radius 3 is 1.00 bits per heavy atom. The number of unbranched alkanes of at least 4 members (excludes halogenated alkanes) is 28. The largest absolute Gasteiger partial charge is 0.411 e. The van der Waals surface area contributed by atoms with Gasteiger partial charge in [-0.25, -0.2) is 0 Å². The Bertz CT molecular complexity index is 642. The zero-order chi connectivity index (χ0) is 34.2. The Morgan fingerprint density at radius 1 is 0.457 bits per heavy atom. The van der Waals surface area contributed by atoms with E-state index in [1.165, 1.54) is 168 Å². The van der Waals surface area contributed by atoms with E-state index in [-0.39, 0.29) is 12.8 Å². The highest BCUT2D eigenvalue weighted by molar-refractivity contribution is 5.77. The molecule has 274 valence electrons. The smallest absolute Gasteiger partial charge is 0.324 e. The second kappa shape index (κ2) is 31.1. The van der Waals surface area contributed by atoms with Gasteiger partial charge in [-0.05, 0) is 26.7 Å². The van der Waals surface area contributed by atoms with E-state index in [1.54, 1.807) is 0 Å². The van der Waals surface area contributed by atoms with Crippen LogP contribution in [0.5, 0.6) is 0 Å². The number of nitrogens with one attached hydrogen (secondary N) is 1. The van der Waals surface area contributed by atoms with Gasteiger partial charge in [0.25, 0.3) is 0 Å². The van der Waals surface area contributed by atoms with E-state index in [0.717, 1.165) is 25.7 Å². The average molecular weight is 654 g/mol.